The molecule has 0 atom stereocenters. The Morgan fingerprint density at radius 3 is 2.48 bits per heavy atom. The predicted molar refractivity (Wildman–Crippen MR) is 93.9 cm³/mol. The minimum Gasteiger partial charge on any atom is -0.369 e. The van der Waals surface area contributed by atoms with Crippen molar-refractivity contribution in [2.45, 2.75) is 11.8 Å². The number of nitrogens with one attached hydrogen (secondary N) is 2. The van der Waals surface area contributed by atoms with Gasteiger partial charge in [0.25, 0.3) is 0 Å². The first-order valence-electron chi connectivity index (χ1n) is 7.89. The second kappa shape index (κ2) is 7.76. The molecule has 3 rings (SSSR count). The summed E-state index contributed by atoms with van der Waals surface area (Å²) in [7, 11) is -4.03. The van der Waals surface area contributed by atoms with Gasteiger partial charge in [-0.15, -0.1) is 0 Å². The zero-order valence-corrected chi connectivity index (χ0v) is 15.0. The number of nitrogens with zero attached hydrogens (tertiary/aromatic N) is 4. The molecule has 2 aromatic heterocycles. The number of benzene rings is 1. The molecule has 0 amide bonds. The minimum absolute atomic E-state index is 0.0133. The molecule has 2 N–H and O–H groups in total. The molecule has 2 heterocycles. The van der Waals surface area contributed by atoms with Crippen molar-refractivity contribution in [2.75, 3.05) is 18.4 Å². The molecule has 27 heavy (non-hydrogen) atoms. The highest BCUT2D eigenvalue weighted by atomic mass is 32.2. The first-order chi connectivity index (χ1) is 12.8. The van der Waals surface area contributed by atoms with E-state index >= 15 is 0 Å². The smallest absolute Gasteiger partial charge is 0.240 e. The number of rotatable bonds is 7. The van der Waals surface area contributed by atoms with Crippen molar-refractivity contribution < 1.29 is 17.2 Å². The second-order valence-corrected chi connectivity index (χ2v) is 7.31. The molecule has 0 bridgehead atoms. The van der Waals surface area contributed by atoms with Gasteiger partial charge in [0.05, 0.1) is 4.90 Å². The zero-order valence-electron chi connectivity index (χ0n) is 14.2. The lowest BCUT2D eigenvalue weighted by Crippen LogP contribution is -2.29. The van der Waals surface area contributed by atoms with Crippen molar-refractivity contribution in [1.82, 2.24) is 24.5 Å². The molecule has 0 aliphatic carbocycles. The van der Waals surface area contributed by atoms with Crippen LogP contribution in [0, 0.1) is 18.6 Å². The van der Waals surface area contributed by atoms with Crippen LogP contribution < -0.4 is 10.0 Å². The van der Waals surface area contributed by atoms with Crippen molar-refractivity contribution in [1.29, 1.82) is 0 Å². The van der Waals surface area contributed by atoms with Gasteiger partial charge in [0.15, 0.2) is 5.82 Å². The molecule has 1 aromatic carbocycles. The average Bonchev–Trinajstić information content (AvgIpc) is 3.12. The van der Waals surface area contributed by atoms with Crippen LogP contribution in [-0.2, 0) is 10.0 Å². The Hall–Kier alpha value is -2.92. The molecule has 0 spiro atoms. The number of hydrogen-bond donors (Lipinski definition) is 2. The Labute approximate surface area is 154 Å². The second-order valence-electron chi connectivity index (χ2n) is 5.54. The molecule has 0 radical (unpaired) electrons. The Morgan fingerprint density at radius 1 is 1.07 bits per heavy atom. The summed E-state index contributed by atoms with van der Waals surface area (Å²) in [4.78, 5) is 8.01. The molecule has 0 fully saturated rings. The zero-order chi connectivity index (χ0) is 19.4. The fourth-order valence-corrected chi connectivity index (χ4v) is 3.38. The summed E-state index contributed by atoms with van der Waals surface area (Å²) in [5.41, 5.74) is 0. The number of halogens is 2. The largest absolute Gasteiger partial charge is 0.369 e. The number of sulfonamides is 1. The van der Waals surface area contributed by atoms with E-state index in [2.05, 4.69) is 25.1 Å². The van der Waals surface area contributed by atoms with Crippen LogP contribution in [0.3, 0.4) is 0 Å². The van der Waals surface area contributed by atoms with Gasteiger partial charge in [0.1, 0.15) is 23.3 Å². The van der Waals surface area contributed by atoms with Crippen molar-refractivity contribution in [2.24, 2.45) is 0 Å². The van der Waals surface area contributed by atoms with E-state index in [9.17, 15) is 17.2 Å². The van der Waals surface area contributed by atoms with Gasteiger partial charge in [-0.05, 0) is 25.1 Å². The number of aryl methyl sites for hydroxylation is 1. The third-order valence-electron chi connectivity index (χ3n) is 3.43. The summed E-state index contributed by atoms with van der Waals surface area (Å²) in [5, 5.41) is 7.06. The molecule has 0 saturated heterocycles. The van der Waals surface area contributed by atoms with E-state index in [1.165, 1.54) is 0 Å². The fourth-order valence-electron chi connectivity index (χ4n) is 2.31. The quantitative estimate of drug-likeness (QED) is 0.591. The van der Waals surface area contributed by atoms with Gasteiger partial charge in [-0.3, -0.25) is 0 Å². The number of anilines is 1. The van der Waals surface area contributed by atoms with Crippen LogP contribution in [0.4, 0.5) is 14.6 Å². The maximum absolute atomic E-state index is 13.2. The van der Waals surface area contributed by atoms with E-state index in [1.807, 2.05) is 0 Å². The Kier molecular flexibility index (Phi) is 5.42. The van der Waals surface area contributed by atoms with E-state index in [0.29, 0.717) is 23.5 Å². The van der Waals surface area contributed by atoms with Gasteiger partial charge in [-0.1, -0.05) is 0 Å². The first kappa shape index (κ1) is 18.9. The van der Waals surface area contributed by atoms with Gasteiger partial charge in [0.2, 0.25) is 10.0 Å². The van der Waals surface area contributed by atoms with E-state index < -0.39 is 26.6 Å². The summed E-state index contributed by atoms with van der Waals surface area (Å²) < 4.78 is 54.4. The maximum atomic E-state index is 13.2. The molecule has 11 heteroatoms. The van der Waals surface area contributed by atoms with Crippen LogP contribution >= 0.6 is 0 Å². The van der Waals surface area contributed by atoms with Crippen molar-refractivity contribution in [3.8, 4) is 5.82 Å². The lowest BCUT2D eigenvalue weighted by molar-refractivity contribution is 0.562. The predicted octanol–water partition coefficient (Wildman–Crippen LogP) is 1.64. The lowest BCUT2D eigenvalue weighted by Gasteiger charge is -2.10. The van der Waals surface area contributed by atoms with Gasteiger partial charge in [0, 0.05) is 37.6 Å². The van der Waals surface area contributed by atoms with Crippen LogP contribution in [0.25, 0.3) is 5.82 Å². The minimum atomic E-state index is -4.03. The average molecular weight is 394 g/mol. The fraction of sp³-hybridized carbons (Fsp3) is 0.188. The molecule has 0 saturated carbocycles. The monoisotopic (exact) mass is 394 g/mol. The third-order valence-corrected chi connectivity index (χ3v) is 4.87. The highest BCUT2D eigenvalue weighted by Gasteiger charge is 2.16. The first-order valence-corrected chi connectivity index (χ1v) is 9.37. The molecular weight excluding hydrogens is 378 g/mol. The van der Waals surface area contributed by atoms with Crippen molar-refractivity contribution >= 4 is 15.8 Å². The summed E-state index contributed by atoms with van der Waals surface area (Å²) in [6.45, 7) is 1.91. The summed E-state index contributed by atoms with van der Waals surface area (Å²) in [5.74, 6) is -0.358. The van der Waals surface area contributed by atoms with E-state index in [4.69, 9.17) is 0 Å². The Balaban J connectivity index is 1.62. The van der Waals surface area contributed by atoms with Crippen LogP contribution in [0.5, 0.6) is 0 Å². The normalized spacial score (nSPS) is 11.5. The van der Waals surface area contributed by atoms with Crippen molar-refractivity contribution in [3.63, 3.8) is 0 Å². The standard InChI is InChI=1S/C16H16F2N6O2S/c1-11-22-15(10-16(23-11)24-6-2-3-20-24)19-4-5-21-27(25,26)14-8-12(17)7-13(18)9-14/h2-3,6-10,21H,4-5H2,1H3,(H,19,22,23). The highest BCUT2D eigenvalue weighted by molar-refractivity contribution is 7.89. The molecule has 8 nitrogen and oxygen atoms in total. The van der Waals surface area contributed by atoms with Crippen LogP contribution in [0.1, 0.15) is 5.82 Å². The summed E-state index contributed by atoms with van der Waals surface area (Å²) in [6.07, 6.45) is 3.35. The molecule has 142 valence electrons. The van der Waals surface area contributed by atoms with Crippen molar-refractivity contribution in [3.05, 3.63) is 60.2 Å². The Morgan fingerprint density at radius 2 is 1.81 bits per heavy atom. The number of aromatic nitrogens is 4. The van der Waals surface area contributed by atoms with Gasteiger partial charge in [-0.2, -0.15) is 5.10 Å². The molecule has 0 aliphatic rings. The summed E-state index contributed by atoms with van der Waals surface area (Å²) >= 11 is 0. The molecule has 0 unspecified atom stereocenters. The SMILES string of the molecule is Cc1nc(NCCNS(=O)(=O)c2cc(F)cc(F)c2)cc(-n2cccn2)n1. The molecule has 0 aliphatic heterocycles. The van der Waals surface area contributed by atoms with Gasteiger partial charge >= 0.3 is 0 Å². The van der Waals surface area contributed by atoms with Crippen LogP contribution in [0.2, 0.25) is 0 Å². The van der Waals surface area contributed by atoms with Gasteiger partial charge < -0.3 is 5.32 Å². The molecule has 3 aromatic rings. The van der Waals surface area contributed by atoms with E-state index in [1.54, 1.807) is 36.1 Å². The third kappa shape index (κ3) is 4.83. The maximum Gasteiger partial charge on any atom is 0.240 e. The Bertz CT molecular complexity index is 1020. The van der Waals surface area contributed by atoms with Gasteiger partial charge in [-0.25, -0.2) is 36.6 Å². The molecular formula is C16H16F2N6O2S. The van der Waals surface area contributed by atoms with E-state index in [-0.39, 0.29) is 13.1 Å². The lowest BCUT2D eigenvalue weighted by atomic mass is 10.3. The summed E-state index contributed by atoms with van der Waals surface area (Å²) in [6, 6.07) is 5.53. The van der Waals surface area contributed by atoms with Crippen LogP contribution in [-0.4, -0.2) is 41.3 Å². The highest BCUT2D eigenvalue weighted by Crippen LogP contribution is 2.13. The van der Waals surface area contributed by atoms with E-state index in [0.717, 1.165) is 12.1 Å². The topological polar surface area (TPSA) is 102 Å². The van der Waals surface area contributed by atoms with Crippen LogP contribution in [0.15, 0.2) is 47.6 Å². The number of hydrogen-bond acceptors (Lipinski definition) is 6.